The van der Waals surface area contributed by atoms with E-state index >= 15 is 0 Å². The Hall–Kier alpha value is -3.88. The first-order valence-electron chi connectivity index (χ1n) is 12.1. The van der Waals surface area contributed by atoms with E-state index in [-0.39, 0.29) is 4.90 Å². The van der Waals surface area contributed by atoms with E-state index in [1.165, 1.54) is 18.4 Å². The number of ether oxygens (including phenoxy) is 3. The number of hydrogen-bond acceptors (Lipinski definition) is 5. The minimum Gasteiger partial charge on any atom is -0.496 e. The fraction of sp³-hybridized carbons (Fsp3) is 0.233. The van der Waals surface area contributed by atoms with E-state index in [9.17, 15) is 8.42 Å². The fourth-order valence-corrected chi connectivity index (χ4v) is 6.16. The van der Waals surface area contributed by atoms with Crippen LogP contribution in [0.1, 0.15) is 5.56 Å². The molecule has 0 amide bonds. The van der Waals surface area contributed by atoms with E-state index in [0.717, 1.165) is 54.9 Å². The molecule has 0 aliphatic carbocycles. The van der Waals surface area contributed by atoms with Crippen LogP contribution in [0.15, 0.2) is 65.7 Å². The summed E-state index contributed by atoms with van der Waals surface area (Å²) in [4.78, 5) is 0.227. The number of aromatic nitrogens is 1. The van der Waals surface area contributed by atoms with E-state index in [2.05, 4.69) is 35.0 Å². The topological polar surface area (TPSA) is 69.0 Å². The number of fused-ring (bicyclic) bond motifs is 5. The second-order valence-corrected chi connectivity index (χ2v) is 11.6. The fourth-order valence-electron chi connectivity index (χ4n) is 5.26. The summed E-state index contributed by atoms with van der Waals surface area (Å²) < 4.78 is 46.0. The molecular formula is C30H31N2O5S+. The first-order valence-corrected chi connectivity index (χ1v) is 13.6. The number of methoxy groups -OCH3 is 3. The van der Waals surface area contributed by atoms with Crippen LogP contribution >= 0.6 is 0 Å². The van der Waals surface area contributed by atoms with E-state index in [1.807, 2.05) is 32.2 Å². The van der Waals surface area contributed by atoms with E-state index < -0.39 is 10.0 Å². The smallest absolute Gasteiger partial charge is 0.242 e. The van der Waals surface area contributed by atoms with Gasteiger partial charge in [0.1, 0.15) is 12.8 Å². The Balaban J connectivity index is 1.87. The summed E-state index contributed by atoms with van der Waals surface area (Å²) >= 11 is 0. The standard InChI is InChI=1S/C30H31N2O5S/c1-18-8-13-21-23-15-14-22-24(28(23)32(4)17-25(21)29(18)36-6)16-26(35-5)30(37-7)27(22)19-9-11-20(12-10-19)38(33,34)31(2)3/h8-17H,1-7H3/q+1. The molecule has 0 unspecified atom stereocenters. The van der Waals surface area contributed by atoms with Gasteiger partial charge < -0.3 is 14.2 Å². The predicted octanol–water partition coefficient (Wildman–Crippen LogP) is 5.22. The Morgan fingerprint density at radius 3 is 1.97 bits per heavy atom. The van der Waals surface area contributed by atoms with Gasteiger partial charge in [0.05, 0.1) is 42.4 Å². The highest BCUT2D eigenvalue weighted by Gasteiger charge is 2.24. The zero-order chi connectivity index (χ0) is 27.4. The van der Waals surface area contributed by atoms with Crippen LogP contribution in [0.4, 0.5) is 0 Å². The van der Waals surface area contributed by atoms with Gasteiger partial charge in [0.25, 0.3) is 0 Å². The van der Waals surface area contributed by atoms with Gasteiger partial charge in [0.2, 0.25) is 15.5 Å². The molecule has 0 aliphatic heterocycles. The number of hydrogen-bond donors (Lipinski definition) is 0. The van der Waals surface area contributed by atoms with Gasteiger partial charge in [-0.2, -0.15) is 4.57 Å². The number of sulfonamides is 1. The maximum atomic E-state index is 12.6. The lowest BCUT2D eigenvalue weighted by molar-refractivity contribution is -0.642. The van der Waals surface area contributed by atoms with Crippen LogP contribution in [0.25, 0.3) is 43.6 Å². The van der Waals surface area contributed by atoms with Crippen molar-refractivity contribution >= 4 is 42.5 Å². The third kappa shape index (κ3) is 3.83. The second-order valence-electron chi connectivity index (χ2n) is 9.47. The predicted molar refractivity (Wildman–Crippen MR) is 151 cm³/mol. The van der Waals surface area contributed by atoms with Crippen molar-refractivity contribution < 1.29 is 27.2 Å². The van der Waals surface area contributed by atoms with Crippen molar-refractivity contribution in [1.29, 1.82) is 0 Å². The Bertz CT molecular complexity index is 1830. The minimum absolute atomic E-state index is 0.227. The molecule has 0 saturated carbocycles. The quantitative estimate of drug-likeness (QED) is 0.222. The van der Waals surface area contributed by atoms with Crippen LogP contribution in [0.2, 0.25) is 0 Å². The summed E-state index contributed by atoms with van der Waals surface area (Å²) in [5.41, 5.74) is 3.77. The van der Waals surface area contributed by atoms with E-state index in [4.69, 9.17) is 14.2 Å². The number of rotatable bonds is 6. The molecule has 1 heterocycles. The van der Waals surface area contributed by atoms with Crippen LogP contribution in [-0.2, 0) is 17.1 Å². The first-order chi connectivity index (χ1) is 18.1. The molecule has 0 spiro atoms. The molecular weight excluding hydrogens is 500 g/mol. The van der Waals surface area contributed by atoms with Gasteiger partial charge in [-0.25, -0.2) is 12.7 Å². The molecule has 7 nitrogen and oxygen atoms in total. The summed E-state index contributed by atoms with van der Waals surface area (Å²) in [7, 11) is 6.45. The zero-order valence-electron chi connectivity index (χ0n) is 22.6. The number of aryl methyl sites for hydroxylation is 2. The molecule has 1 aromatic heterocycles. The van der Waals surface area contributed by atoms with Crippen LogP contribution < -0.4 is 18.8 Å². The maximum Gasteiger partial charge on any atom is 0.242 e. The van der Waals surface area contributed by atoms with Crippen LogP contribution in [0.5, 0.6) is 17.2 Å². The maximum absolute atomic E-state index is 12.6. The van der Waals surface area contributed by atoms with E-state index in [0.29, 0.717) is 11.5 Å². The lowest BCUT2D eigenvalue weighted by atomic mass is 9.93. The van der Waals surface area contributed by atoms with Crippen molar-refractivity contribution in [3.05, 3.63) is 66.4 Å². The Morgan fingerprint density at radius 2 is 1.37 bits per heavy atom. The van der Waals surface area contributed by atoms with Crippen LogP contribution in [0.3, 0.4) is 0 Å². The number of benzene rings is 4. The molecule has 196 valence electrons. The molecule has 38 heavy (non-hydrogen) atoms. The summed E-state index contributed by atoms with van der Waals surface area (Å²) in [5.74, 6) is 2.04. The molecule has 5 aromatic rings. The van der Waals surface area contributed by atoms with Gasteiger partial charge in [-0.05, 0) is 42.3 Å². The molecule has 0 saturated heterocycles. The molecule has 0 aliphatic rings. The average Bonchev–Trinajstić information content (AvgIpc) is 2.91. The lowest BCUT2D eigenvalue weighted by Crippen LogP contribution is -2.28. The highest BCUT2D eigenvalue weighted by Crippen LogP contribution is 2.46. The third-order valence-corrected chi connectivity index (χ3v) is 8.95. The van der Waals surface area contributed by atoms with Gasteiger partial charge >= 0.3 is 0 Å². The second kappa shape index (κ2) is 9.45. The SMILES string of the molecule is COc1cc2c(ccc3c4ccc(C)c(OC)c4c[n+](C)c23)c(-c2ccc(S(=O)(=O)N(C)C)cc2)c1OC. The Kier molecular flexibility index (Phi) is 6.41. The molecule has 0 radical (unpaired) electrons. The molecule has 0 N–H and O–H groups in total. The zero-order valence-corrected chi connectivity index (χ0v) is 23.4. The van der Waals surface area contributed by atoms with Crippen molar-refractivity contribution in [3.63, 3.8) is 0 Å². The lowest BCUT2D eigenvalue weighted by Gasteiger charge is -2.18. The highest BCUT2D eigenvalue weighted by molar-refractivity contribution is 7.89. The van der Waals surface area contributed by atoms with Gasteiger partial charge in [0, 0.05) is 30.4 Å². The molecule has 0 atom stereocenters. The van der Waals surface area contributed by atoms with Crippen molar-refractivity contribution in [2.45, 2.75) is 11.8 Å². The van der Waals surface area contributed by atoms with Crippen molar-refractivity contribution in [3.8, 4) is 28.4 Å². The average molecular weight is 532 g/mol. The minimum atomic E-state index is -3.55. The molecule has 4 aromatic carbocycles. The number of nitrogens with zero attached hydrogens (tertiary/aromatic N) is 2. The van der Waals surface area contributed by atoms with Crippen molar-refractivity contribution in [2.75, 3.05) is 35.4 Å². The Labute approximate surface area is 222 Å². The summed E-state index contributed by atoms with van der Waals surface area (Å²) in [5, 5.41) is 5.18. The largest absolute Gasteiger partial charge is 0.496 e. The van der Waals surface area contributed by atoms with Crippen LogP contribution in [0, 0.1) is 6.92 Å². The Morgan fingerprint density at radius 1 is 0.737 bits per heavy atom. The highest BCUT2D eigenvalue weighted by atomic mass is 32.2. The van der Waals surface area contributed by atoms with E-state index in [1.54, 1.807) is 33.5 Å². The summed E-state index contributed by atoms with van der Waals surface area (Å²) in [6.07, 6.45) is 2.10. The first kappa shape index (κ1) is 25.8. The van der Waals surface area contributed by atoms with Crippen molar-refractivity contribution in [2.24, 2.45) is 7.05 Å². The molecule has 8 heteroatoms. The summed E-state index contributed by atoms with van der Waals surface area (Å²) in [6, 6.07) is 17.3. The van der Waals surface area contributed by atoms with Gasteiger partial charge in [-0.1, -0.05) is 30.3 Å². The van der Waals surface area contributed by atoms with Gasteiger partial charge in [-0.15, -0.1) is 0 Å². The third-order valence-electron chi connectivity index (χ3n) is 7.12. The molecule has 5 rings (SSSR count). The van der Waals surface area contributed by atoms with Gasteiger partial charge in [-0.3, -0.25) is 0 Å². The summed E-state index contributed by atoms with van der Waals surface area (Å²) in [6.45, 7) is 2.04. The number of pyridine rings is 1. The van der Waals surface area contributed by atoms with Crippen molar-refractivity contribution in [1.82, 2.24) is 4.31 Å². The molecule has 0 bridgehead atoms. The molecule has 0 fully saturated rings. The van der Waals surface area contributed by atoms with Gasteiger partial charge in [0.15, 0.2) is 17.7 Å². The monoisotopic (exact) mass is 531 g/mol. The van der Waals surface area contributed by atoms with Crippen LogP contribution in [-0.4, -0.2) is 48.1 Å². The normalized spacial score (nSPS) is 12.0.